The molecular weight excluding hydrogens is 350 g/mol. The maximum atomic E-state index is 12.5. The van der Waals surface area contributed by atoms with Crippen LogP contribution in [0.1, 0.15) is 40.8 Å². The lowest BCUT2D eigenvalue weighted by molar-refractivity contribution is 0.0528. The van der Waals surface area contributed by atoms with E-state index in [1.165, 1.54) is 13.8 Å². The molecule has 24 heavy (non-hydrogen) atoms. The van der Waals surface area contributed by atoms with Crippen molar-refractivity contribution in [3.8, 4) is 11.1 Å². The zero-order chi connectivity index (χ0) is 17.9. The third kappa shape index (κ3) is 3.95. The number of carbonyl (C=O) groups excluding carboxylic acids is 2. The molecule has 2 N–H and O–H groups in total. The second-order valence-corrected chi connectivity index (χ2v) is 6.57. The van der Waals surface area contributed by atoms with Crippen molar-refractivity contribution in [3.63, 3.8) is 0 Å². The highest BCUT2D eigenvalue weighted by Gasteiger charge is 2.28. The van der Waals surface area contributed by atoms with Crippen LogP contribution in [0.25, 0.3) is 11.1 Å². The van der Waals surface area contributed by atoms with Crippen molar-refractivity contribution in [1.82, 2.24) is 0 Å². The predicted molar refractivity (Wildman–Crippen MR) is 96.0 cm³/mol. The van der Waals surface area contributed by atoms with Crippen molar-refractivity contribution in [3.05, 3.63) is 39.7 Å². The quantitative estimate of drug-likeness (QED) is 0.454. The highest BCUT2D eigenvalue weighted by Crippen LogP contribution is 2.41. The predicted octanol–water partition coefficient (Wildman–Crippen LogP) is 4.20. The number of rotatable bonds is 6. The van der Waals surface area contributed by atoms with Gasteiger partial charge in [-0.25, -0.2) is 4.79 Å². The lowest BCUT2D eigenvalue weighted by atomic mass is 10.00. The number of hydrogen-bond acceptors (Lipinski definition) is 6. The molecule has 0 aliphatic heterocycles. The number of hydrogen-bond donors (Lipinski definition) is 2. The minimum absolute atomic E-state index is 0.172. The summed E-state index contributed by atoms with van der Waals surface area (Å²) in [6, 6.07) is 6.86. The van der Waals surface area contributed by atoms with Gasteiger partial charge in [-0.1, -0.05) is 23.7 Å². The highest BCUT2D eigenvalue weighted by molar-refractivity contribution is 7.19. The van der Waals surface area contributed by atoms with Gasteiger partial charge < -0.3 is 15.2 Å². The molecule has 0 radical (unpaired) electrons. The Balaban J connectivity index is 2.72. The fourth-order valence-corrected chi connectivity index (χ4v) is 3.57. The molecule has 0 saturated carbocycles. The lowest BCUT2D eigenvalue weighted by Crippen LogP contribution is -2.16. The molecule has 1 heterocycles. The van der Waals surface area contributed by atoms with Crippen LogP contribution in [-0.2, 0) is 4.74 Å². The summed E-state index contributed by atoms with van der Waals surface area (Å²) in [6.07, 6.45) is -0.880. The Morgan fingerprint density at radius 3 is 2.46 bits per heavy atom. The first-order valence-electron chi connectivity index (χ1n) is 7.40. The molecule has 1 atom stereocenters. The summed E-state index contributed by atoms with van der Waals surface area (Å²) in [5.41, 5.74) is 1.42. The van der Waals surface area contributed by atoms with Crippen LogP contribution in [0.3, 0.4) is 0 Å². The Morgan fingerprint density at radius 1 is 1.33 bits per heavy atom. The lowest BCUT2D eigenvalue weighted by Gasteiger charge is -2.11. The van der Waals surface area contributed by atoms with Gasteiger partial charge in [-0.2, -0.15) is 0 Å². The number of carbonyl (C=O) groups is 2. The fraction of sp³-hybridized carbons (Fsp3) is 0.294. The van der Waals surface area contributed by atoms with Crippen molar-refractivity contribution in [2.24, 2.45) is 0 Å². The number of nitrogens with one attached hydrogen (secondary N) is 1. The first-order valence-corrected chi connectivity index (χ1v) is 8.60. The molecule has 5 nitrogen and oxygen atoms in total. The maximum Gasteiger partial charge on any atom is 0.341 e. The molecule has 2 rings (SSSR count). The van der Waals surface area contributed by atoms with E-state index in [1.54, 1.807) is 31.2 Å². The van der Waals surface area contributed by atoms with E-state index in [1.807, 2.05) is 0 Å². The third-order valence-electron chi connectivity index (χ3n) is 3.18. The van der Waals surface area contributed by atoms with Gasteiger partial charge in [0, 0.05) is 10.6 Å². The molecule has 0 aliphatic rings. The molecule has 128 valence electrons. The molecule has 1 aromatic carbocycles. The van der Waals surface area contributed by atoms with Crippen molar-refractivity contribution in [2.45, 2.75) is 27.0 Å². The van der Waals surface area contributed by atoms with E-state index >= 15 is 0 Å². The number of thiophene rings is 1. The average molecular weight is 368 g/mol. The normalized spacial score (nSPS) is 11.9. The molecule has 1 aromatic heterocycles. The van der Waals surface area contributed by atoms with E-state index in [9.17, 15) is 14.7 Å². The van der Waals surface area contributed by atoms with Crippen LogP contribution in [0.5, 0.6) is 0 Å². The van der Waals surface area contributed by atoms with E-state index in [4.69, 9.17) is 16.3 Å². The third-order valence-corrected chi connectivity index (χ3v) is 4.65. The van der Waals surface area contributed by atoms with Gasteiger partial charge in [0.25, 0.3) is 0 Å². The van der Waals surface area contributed by atoms with E-state index in [0.29, 0.717) is 26.0 Å². The number of esters is 1. The minimum Gasteiger partial charge on any atom is -0.462 e. The second-order valence-electron chi connectivity index (χ2n) is 5.11. The van der Waals surface area contributed by atoms with E-state index < -0.39 is 12.2 Å². The van der Waals surface area contributed by atoms with Gasteiger partial charge >= 0.3 is 5.97 Å². The molecule has 1 unspecified atom stereocenters. The Morgan fingerprint density at radius 2 is 1.96 bits per heavy atom. The van der Waals surface area contributed by atoms with Crippen LogP contribution >= 0.6 is 22.9 Å². The fourth-order valence-electron chi connectivity index (χ4n) is 2.26. The van der Waals surface area contributed by atoms with Gasteiger partial charge in [-0.05, 0) is 38.5 Å². The largest absolute Gasteiger partial charge is 0.462 e. The molecule has 0 bridgehead atoms. The standard InChI is InChI=1S/C17H18ClNO4S/c1-4-23-17(22)14-13(11-5-7-12(18)8-6-11)15(9(2)20)24-16(14)19-10(3)21/h5-8,10,19,21H,4H2,1-3H3. The van der Waals surface area contributed by atoms with Gasteiger partial charge in [0.15, 0.2) is 5.78 Å². The number of ether oxygens (including phenoxy) is 1. The molecule has 0 spiro atoms. The maximum absolute atomic E-state index is 12.5. The van der Waals surface area contributed by atoms with Crippen LogP contribution < -0.4 is 5.32 Å². The zero-order valence-electron chi connectivity index (χ0n) is 13.6. The van der Waals surface area contributed by atoms with Crippen molar-refractivity contribution in [1.29, 1.82) is 0 Å². The topological polar surface area (TPSA) is 75.6 Å². The summed E-state index contributed by atoms with van der Waals surface area (Å²) >= 11 is 7.05. The van der Waals surface area contributed by atoms with Gasteiger partial charge in [-0.15, -0.1) is 11.3 Å². The summed E-state index contributed by atoms with van der Waals surface area (Å²) in [6.45, 7) is 4.88. The number of aliphatic hydroxyl groups excluding tert-OH is 1. The summed E-state index contributed by atoms with van der Waals surface area (Å²) < 4.78 is 5.14. The molecular formula is C17H18ClNO4S. The summed E-state index contributed by atoms with van der Waals surface area (Å²) in [5, 5.41) is 13.4. The summed E-state index contributed by atoms with van der Waals surface area (Å²) in [4.78, 5) is 25.0. The number of ketones is 1. The van der Waals surface area contributed by atoms with Gasteiger partial charge in [-0.3, -0.25) is 4.79 Å². The Labute approximate surface area is 149 Å². The molecule has 7 heteroatoms. The zero-order valence-corrected chi connectivity index (χ0v) is 15.1. The Bertz CT molecular complexity index is 753. The van der Waals surface area contributed by atoms with Crippen LogP contribution in [0.15, 0.2) is 24.3 Å². The van der Waals surface area contributed by atoms with Gasteiger partial charge in [0.1, 0.15) is 16.8 Å². The first-order chi connectivity index (χ1) is 11.3. The monoisotopic (exact) mass is 367 g/mol. The Kier molecular flexibility index (Phi) is 5.99. The first kappa shape index (κ1) is 18.4. The Hall–Kier alpha value is -1.89. The number of anilines is 1. The number of aliphatic hydroxyl groups is 1. The minimum atomic E-state index is -0.880. The van der Waals surface area contributed by atoms with Crippen molar-refractivity contribution >= 4 is 39.7 Å². The molecule has 0 aliphatic carbocycles. The SMILES string of the molecule is CCOC(=O)c1c(NC(C)O)sc(C(C)=O)c1-c1ccc(Cl)cc1. The molecule has 0 amide bonds. The van der Waals surface area contributed by atoms with Crippen LogP contribution in [-0.4, -0.2) is 29.7 Å². The van der Waals surface area contributed by atoms with E-state index in [-0.39, 0.29) is 18.0 Å². The average Bonchev–Trinajstić information content (AvgIpc) is 2.87. The molecule has 0 fully saturated rings. The van der Waals surface area contributed by atoms with Crippen LogP contribution in [0, 0.1) is 0 Å². The van der Waals surface area contributed by atoms with Gasteiger partial charge in [0.2, 0.25) is 0 Å². The number of benzene rings is 1. The highest BCUT2D eigenvalue weighted by atomic mass is 35.5. The smallest absolute Gasteiger partial charge is 0.341 e. The molecule has 2 aromatic rings. The van der Waals surface area contributed by atoms with Crippen molar-refractivity contribution in [2.75, 3.05) is 11.9 Å². The second kappa shape index (κ2) is 7.79. The van der Waals surface area contributed by atoms with Crippen LogP contribution in [0.4, 0.5) is 5.00 Å². The van der Waals surface area contributed by atoms with Gasteiger partial charge in [0.05, 0.1) is 11.5 Å². The summed E-state index contributed by atoms with van der Waals surface area (Å²) in [7, 11) is 0. The number of halogens is 1. The summed E-state index contributed by atoms with van der Waals surface area (Å²) in [5.74, 6) is -0.719. The van der Waals surface area contributed by atoms with E-state index in [0.717, 1.165) is 11.3 Å². The number of Topliss-reactive ketones (excluding diaryl/α,β-unsaturated/α-hetero) is 1. The van der Waals surface area contributed by atoms with Crippen molar-refractivity contribution < 1.29 is 19.4 Å². The van der Waals surface area contributed by atoms with Crippen LogP contribution in [0.2, 0.25) is 5.02 Å². The molecule has 0 saturated heterocycles. The van der Waals surface area contributed by atoms with E-state index in [2.05, 4.69) is 5.32 Å².